The molecule has 2 unspecified atom stereocenters. The Morgan fingerprint density at radius 3 is 2.00 bits per heavy atom. The first-order valence-corrected chi connectivity index (χ1v) is 6.76. The van der Waals surface area contributed by atoms with Gasteiger partial charge in [0.2, 0.25) is 0 Å². The fraction of sp³-hybridized carbons (Fsp3) is 0.600. The summed E-state index contributed by atoms with van der Waals surface area (Å²) in [7, 11) is 0. The summed E-state index contributed by atoms with van der Waals surface area (Å²) in [4.78, 5) is 0. The third-order valence-electron chi connectivity index (χ3n) is 3.28. The van der Waals surface area contributed by atoms with Crippen molar-refractivity contribution in [2.24, 2.45) is 5.92 Å². The van der Waals surface area contributed by atoms with Gasteiger partial charge in [-0.1, -0.05) is 52.0 Å². The first kappa shape index (κ1) is 13.6. The zero-order chi connectivity index (χ0) is 12.1. The van der Waals surface area contributed by atoms with Gasteiger partial charge in [0.1, 0.15) is 0 Å². The van der Waals surface area contributed by atoms with Crippen molar-refractivity contribution in [3.05, 3.63) is 35.4 Å². The number of benzene rings is 1. The minimum absolute atomic E-state index is 0.234. The van der Waals surface area contributed by atoms with E-state index >= 15 is 0 Å². The lowest BCUT2D eigenvalue weighted by atomic mass is 9.87. The van der Waals surface area contributed by atoms with Crippen LogP contribution >= 0.6 is 11.6 Å². The van der Waals surface area contributed by atoms with Crippen LogP contribution in [0.3, 0.4) is 0 Å². The molecule has 0 aliphatic carbocycles. The lowest BCUT2D eigenvalue weighted by Gasteiger charge is -2.24. The third-order valence-corrected chi connectivity index (χ3v) is 4.09. The fourth-order valence-electron chi connectivity index (χ4n) is 2.11. The predicted octanol–water partition coefficient (Wildman–Crippen LogP) is 5.01. The maximum absolute atomic E-state index is 6.49. The number of aryl methyl sites for hydroxylation is 1. The fourth-order valence-corrected chi connectivity index (χ4v) is 2.43. The van der Waals surface area contributed by atoms with Gasteiger partial charge in [0, 0.05) is 11.3 Å². The number of alkyl halides is 1. The zero-order valence-corrected chi connectivity index (χ0v) is 11.6. The van der Waals surface area contributed by atoms with Crippen molar-refractivity contribution >= 4 is 11.6 Å². The maximum atomic E-state index is 6.49. The molecule has 0 spiro atoms. The largest absolute Gasteiger partial charge is 0.122 e. The molecule has 0 N–H and O–H groups in total. The smallest absolute Gasteiger partial charge is 0.0427 e. The van der Waals surface area contributed by atoms with E-state index in [-0.39, 0.29) is 5.38 Å². The number of halogens is 1. The summed E-state index contributed by atoms with van der Waals surface area (Å²) in [6, 6.07) is 8.93. The molecule has 0 aliphatic heterocycles. The second-order valence-corrected chi connectivity index (χ2v) is 5.30. The van der Waals surface area contributed by atoms with Crippen molar-refractivity contribution in [3.8, 4) is 0 Å². The van der Waals surface area contributed by atoms with E-state index in [1.54, 1.807) is 0 Å². The highest BCUT2D eigenvalue weighted by Crippen LogP contribution is 2.31. The SMILES string of the molecule is CCc1ccc(C(CC)C(Cl)C(C)C)cc1. The average molecular weight is 239 g/mol. The number of hydrogen-bond donors (Lipinski definition) is 0. The van der Waals surface area contributed by atoms with Crippen LogP contribution in [0.15, 0.2) is 24.3 Å². The molecule has 0 heterocycles. The van der Waals surface area contributed by atoms with Crippen LogP contribution < -0.4 is 0 Å². The Bertz CT molecular complexity index is 300. The van der Waals surface area contributed by atoms with Gasteiger partial charge in [0.25, 0.3) is 0 Å². The summed E-state index contributed by atoms with van der Waals surface area (Å²) in [6.07, 6.45) is 2.21. The van der Waals surface area contributed by atoms with Crippen LogP contribution in [-0.4, -0.2) is 5.38 Å². The van der Waals surface area contributed by atoms with Gasteiger partial charge in [-0.05, 0) is 29.9 Å². The van der Waals surface area contributed by atoms with Crippen LogP contribution in [0.4, 0.5) is 0 Å². The average Bonchev–Trinajstić information content (AvgIpc) is 2.30. The Morgan fingerprint density at radius 2 is 1.62 bits per heavy atom. The van der Waals surface area contributed by atoms with E-state index in [4.69, 9.17) is 11.6 Å². The van der Waals surface area contributed by atoms with E-state index < -0.39 is 0 Å². The van der Waals surface area contributed by atoms with Crippen molar-refractivity contribution in [3.63, 3.8) is 0 Å². The summed E-state index contributed by atoms with van der Waals surface area (Å²) in [6.45, 7) is 8.79. The van der Waals surface area contributed by atoms with Gasteiger partial charge in [-0.25, -0.2) is 0 Å². The van der Waals surface area contributed by atoms with Gasteiger partial charge < -0.3 is 0 Å². The Morgan fingerprint density at radius 1 is 1.06 bits per heavy atom. The Labute approximate surface area is 105 Å². The molecule has 0 radical (unpaired) electrons. The first-order chi connectivity index (χ1) is 7.60. The van der Waals surface area contributed by atoms with Crippen LogP contribution in [-0.2, 0) is 6.42 Å². The maximum Gasteiger partial charge on any atom is 0.0427 e. The molecule has 0 fully saturated rings. The van der Waals surface area contributed by atoms with Crippen molar-refractivity contribution < 1.29 is 0 Å². The lowest BCUT2D eigenvalue weighted by molar-refractivity contribution is 0.499. The summed E-state index contributed by atoms with van der Waals surface area (Å²) >= 11 is 6.49. The summed E-state index contributed by atoms with van der Waals surface area (Å²) < 4.78 is 0. The van der Waals surface area contributed by atoms with Gasteiger partial charge in [-0.3, -0.25) is 0 Å². The molecule has 0 saturated heterocycles. The highest BCUT2D eigenvalue weighted by Gasteiger charge is 2.22. The van der Waals surface area contributed by atoms with Crippen LogP contribution in [0.1, 0.15) is 51.2 Å². The van der Waals surface area contributed by atoms with E-state index in [0.717, 1.165) is 12.8 Å². The minimum atomic E-state index is 0.234. The molecule has 1 rings (SSSR count). The standard InChI is InChI=1S/C15H23Cl/c1-5-12-7-9-13(10-8-12)14(6-2)15(16)11(3)4/h7-11,14-15H,5-6H2,1-4H3. The highest BCUT2D eigenvalue weighted by atomic mass is 35.5. The van der Waals surface area contributed by atoms with Crippen molar-refractivity contribution in [1.29, 1.82) is 0 Å². The molecule has 1 aromatic rings. The van der Waals surface area contributed by atoms with Crippen molar-refractivity contribution in [1.82, 2.24) is 0 Å². The van der Waals surface area contributed by atoms with Gasteiger partial charge in [0.15, 0.2) is 0 Å². The van der Waals surface area contributed by atoms with Gasteiger partial charge in [-0.15, -0.1) is 11.6 Å². The molecular weight excluding hydrogens is 216 g/mol. The molecule has 0 aliphatic rings. The first-order valence-electron chi connectivity index (χ1n) is 6.33. The molecule has 2 atom stereocenters. The van der Waals surface area contributed by atoms with Gasteiger partial charge in [0.05, 0.1) is 0 Å². The summed E-state index contributed by atoms with van der Waals surface area (Å²) in [5, 5.41) is 0.234. The molecular formula is C15H23Cl. The van der Waals surface area contributed by atoms with E-state index in [0.29, 0.717) is 11.8 Å². The second-order valence-electron chi connectivity index (χ2n) is 4.80. The molecule has 90 valence electrons. The number of hydrogen-bond acceptors (Lipinski definition) is 0. The zero-order valence-electron chi connectivity index (χ0n) is 10.8. The summed E-state index contributed by atoms with van der Waals surface area (Å²) in [5.41, 5.74) is 2.78. The Kier molecular flexibility index (Phi) is 5.34. The molecule has 0 nitrogen and oxygen atoms in total. The predicted molar refractivity (Wildman–Crippen MR) is 73.3 cm³/mol. The Balaban J connectivity index is 2.86. The van der Waals surface area contributed by atoms with E-state index in [2.05, 4.69) is 52.0 Å². The van der Waals surface area contributed by atoms with Gasteiger partial charge >= 0.3 is 0 Å². The normalized spacial score (nSPS) is 15.1. The molecule has 0 saturated carbocycles. The minimum Gasteiger partial charge on any atom is -0.122 e. The van der Waals surface area contributed by atoms with E-state index in [1.165, 1.54) is 11.1 Å². The highest BCUT2D eigenvalue weighted by molar-refractivity contribution is 6.21. The molecule has 16 heavy (non-hydrogen) atoms. The molecule has 1 heteroatoms. The van der Waals surface area contributed by atoms with Gasteiger partial charge in [-0.2, -0.15) is 0 Å². The van der Waals surface area contributed by atoms with E-state index in [9.17, 15) is 0 Å². The van der Waals surface area contributed by atoms with Crippen LogP contribution in [0, 0.1) is 5.92 Å². The van der Waals surface area contributed by atoms with Crippen molar-refractivity contribution in [2.45, 2.75) is 51.8 Å². The quantitative estimate of drug-likeness (QED) is 0.633. The lowest BCUT2D eigenvalue weighted by Crippen LogP contribution is -2.18. The molecule has 1 aromatic carbocycles. The van der Waals surface area contributed by atoms with Crippen molar-refractivity contribution in [2.75, 3.05) is 0 Å². The monoisotopic (exact) mass is 238 g/mol. The number of rotatable bonds is 5. The topological polar surface area (TPSA) is 0 Å². The third kappa shape index (κ3) is 3.25. The summed E-state index contributed by atoms with van der Waals surface area (Å²) in [5.74, 6) is 1.00. The Hall–Kier alpha value is -0.490. The van der Waals surface area contributed by atoms with Crippen LogP contribution in [0.2, 0.25) is 0 Å². The molecule has 0 amide bonds. The van der Waals surface area contributed by atoms with Crippen LogP contribution in [0.25, 0.3) is 0 Å². The van der Waals surface area contributed by atoms with E-state index in [1.807, 2.05) is 0 Å². The molecule has 0 bridgehead atoms. The second kappa shape index (κ2) is 6.30. The van der Waals surface area contributed by atoms with Crippen LogP contribution in [0.5, 0.6) is 0 Å². The molecule has 0 aromatic heterocycles.